The van der Waals surface area contributed by atoms with Gasteiger partial charge in [0.2, 0.25) is 0 Å². The summed E-state index contributed by atoms with van der Waals surface area (Å²) in [5.74, 6) is 0.549. The fourth-order valence-electron chi connectivity index (χ4n) is 1.46. The molecular formula is C15H22N2O3. The molecule has 1 unspecified atom stereocenters. The molecular weight excluding hydrogens is 256 g/mol. The number of hydrogen-bond donors (Lipinski definition) is 2. The molecule has 0 aliphatic rings. The zero-order valence-electron chi connectivity index (χ0n) is 11.8. The van der Waals surface area contributed by atoms with Crippen molar-refractivity contribution in [2.24, 2.45) is 5.73 Å². The normalized spacial score (nSPS) is 11.7. The van der Waals surface area contributed by atoms with E-state index in [4.69, 9.17) is 15.2 Å². The van der Waals surface area contributed by atoms with Crippen LogP contribution < -0.4 is 15.8 Å². The third kappa shape index (κ3) is 5.86. The van der Waals surface area contributed by atoms with Crippen LogP contribution >= 0.6 is 0 Å². The first-order chi connectivity index (χ1) is 9.67. The van der Waals surface area contributed by atoms with Crippen molar-refractivity contribution in [3.63, 3.8) is 0 Å². The average molecular weight is 278 g/mol. The molecule has 20 heavy (non-hydrogen) atoms. The van der Waals surface area contributed by atoms with Crippen LogP contribution in [0.15, 0.2) is 36.9 Å². The van der Waals surface area contributed by atoms with E-state index in [1.165, 1.54) is 0 Å². The molecule has 1 aromatic carbocycles. The van der Waals surface area contributed by atoms with Crippen LogP contribution in [0.2, 0.25) is 0 Å². The predicted octanol–water partition coefficient (Wildman–Crippen LogP) is 1.94. The topological polar surface area (TPSA) is 73.6 Å². The molecule has 0 aliphatic heterocycles. The summed E-state index contributed by atoms with van der Waals surface area (Å²) in [6, 6.07) is 7.13. The highest BCUT2D eigenvalue weighted by atomic mass is 16.5. The first kappa shape index (κ1) is 16.2. The number of ether oxygens (including phenoxy) is 2. The van der Waals surface area contributed by atoms with E-state index in [1.54, 1.807) is 37.3 Å². The van der Waals surface area contributed by atoms with Gasteiger partial charge in [0.25, 0.3) is 5.91 Å². The summed E-state index contributed by atoms with van der Waals surface area (Å²) in [4.78, 5) is 11.9. The summed E-state index contributed by atoms with van der Waals surface area (Å²) >= 11 is 0. The smallest absolute Gasteiger partial charge is 0.253 e. The van der Waals surface area contributed by atoms with Crippen LogP contribution in [0, 0.1) is 0 Å². The second-order valence-electron chi connectivity index (χ2n) is 4.24. The number of carbonyl (C=O) groups excluding carboxylic acids is 1. The Hall–Kier alpha value is -1.85. The van der Waals surface area contributed by atoms with Gasteiger partial charge in [-0.25, -0.2) is 0 Å². The lowest BCUT2D eigenvalue weighted by molar-refractivity contribution is -0.126. The first-order valence-electron chi connectivity index (χ1n) is 6.63. The maximum absolute atomic E-state index is 11.9. The number of anilines is 1. The number of amides is 1. The molecule has 0 fully saturated rings. The van der Waals surface area contributed by atoms with E-state index in [2.05, 4.69) is 11.9 Å². The van der Waals surface area contributed by atoms with Crippen molar-refractivity contribution in [2.45, 2.75) is 19.4 Å². The minimum atomic E-state index is -0.497. The number of nitrogens with one attached hydrogen (secondary N) is 1. The fraction of sp³-hybridized carbons (Fsp3) is 0.400. The zero-order chi connectivity index (χ0) is 14.8. The standard InChI is InChI=1S/C15H22N2O3/c1-3-4-10-19-12(2)15(18)17-13-5-7-14(8-6-13)20-11-9-16/h3,5-8,12H,1,4,9-11,16H2,2H3,(H,17,18). The van der Waals surface area contributed by atoms with E-state index in [1.807, 2.05) is 0 Å². The molecule has 110 valence electrons. The van der Waals surface area contributed by atoms with Crippen LogP contribution in [0.25, 0.3) is 0 Å². The Morgan fingerprint density at radius 2 is 2.10 bits per heavy atom. The summed E-state index contributed by atoms with van der Waals surface area (Å²) in [6.07, 6.45) is 1.98. The lowest BCUT2D eigenvalue weighted by atomic mass is 10.3. The monoisotopic (exact) mass is 278 g/mol. The quantitative estimate of drug-likeness (QED) is 0.535. The molecule has 0 saturated heterocycles. The van der Waals surface area contributed by atoms with E-state index in [0.29, 0.717) is 25.4 Å². The highest BCUT2D eigenvalue weighted by molar-refractivity contribution is 5.93. The van der Waals surface area contributed by atoms with Gasteiger partial charge in [-0.15, -0.1) is 6.58 Å². The highest BCUT2D eigenvalue weighted by Crippen LogP contribution is 2.15. The second kappa shape index (κ2) is 9.12. The van der Waals surface area contributed by atoms with Crippen LogP contribution in [0.5, 0.6) is 5.75 Å². The van der Waals surface area contributed by atoms with Gasteiger partial charge in [-0.3, -0.25) is 4.79 Å². The van der Waals surface area contributed by atoms with Gasteiger partial charge in [0.05, 0.1) is 6.61 Å². The van der Waals surface area contributed by atoms with E-state index < -0.39 is 6.10 Å². The molecule has 1 rings (SSSR count). The Bertz CT molecular complexity index is 418. The number of hydrogen-bond acceptors (Lipinski definition) is 4. The molecule has 1 aromatic rings. The maximum atomic E-state index is 11.9. The summed E-state index contributed by atoms with van der Waals surface area (Å²) < 4.78 is 10.7. The van der Waals surface area contributed by atoms with Gasteiger partial charge in [-0.2, -0.15) is 0 Å². The summed E-state index contributed by atoms with van der Waals surface area (Å²) in [5, 5.41) is 2.78. The van der Waals surface area contributed by atoms with Crippen molar-refractivity contribution in [2.75, 3.05) is 25.1 Å². The molecule has 1 atom stereocenters. The molecule has 3 N–H and O–H groups in total. The second-order valence-corrected chi connectivity index (χ2v) is 4.24. The lowest BCUT2D eigenvalue weighted by Crippen LogP contribution is -2.27. The van der Waals surface area contributed by atoms with Gasteiger partial charge in [-0.1, -0.05) is 6.08 Å². The molecule has 0 heterocycles. The average Bonchev–Trinajstić information content (AvgIpc) is 2.46. The number of rotatable bonds is 9. The van der Waals surface area contributed by atoms with E-state index in [9.17, 15) is 4.79 Å². The Labute approximate surface area is 119 Å². The predicted molar refractivity (Wildman–Crippen MR) is 79.8 cm³/mol. The van der Waals surface area contributed by atoms with Gasteiger partial charge < -0.3 is 20.5 Å². The van der Waals surface area contributed by atoms with Crippen LogP contribution in [0.3, 0.4) is 0 Å². The fourth-order valence-corrected chi connectivity index (χ4v) is 1.46. The van der Waals surface area contributed by atoms with Gasteiger partial charge >= 0.3 is 0 Å². The number of nitrogens with two attached hydrogens (primary N) is 1. The molecule has 5 nitrogen and oxygen atoms in total. The van der Waals surface area contributed by atoms with Crippen LogP contribution in [0.4, 0.5) is 5.69 Å². The largest absolute Gasteiger partial charge is 0.492 e. The van der Waals surface area contributed by atoms with Crippen molar-refractivity contribution in [3.8, 4) is 5.75 Å². The first-order valence-corrected chi connectivity index (χ1v) is 6.63. The number of carbonyl (C=O) groups is 1. The van der Waals surface area contributed by atoms with Crippen molar-refractivity contribution in [1.29, 1.82) is 0 Å². The minimum absolute atomic E-state index is 0.176. The van der Waals surface area contributed by atoms with Crippen LogP contribution in [-0.4, -0.2) is 31.8 Å². The third-order valence-electron chi connectivity index (χ3n) is 2.57. The summed E-state index contributed by atoms with van der Waals surface area (Å²) in [5.41, 5.74) is 6.06. The Kier molecular flexibility index (Phi) is 7.39. The Morgan fingerprint density at radius 1 is 1.40 bits per heavy atom. The molecule has 0 bridgehead atoms. The van der Waals surface area contributed by atoms with E-state index in [0.717, 1.165) is 12.2 Å². The van der Waals surface area contributed by atoms with Crippen molar-refractivity contribution in [3.05, 3.63) is 36.9 Å². The van der Waals surface area contributed by atoms with Crippen molar-refractivity contribution >= 4 is 11.6 Å². The van der Waals surface area contributed by atoms with Gasteiger partial charge in [0.1, 0.15) is 18.5 Å². The van der Waals surface area contributed by atoms with E-state index in [-0.39, 0.29) is 5.91 Å². The SMILES string of the molecule is C=CCCOC(C)C(=O)Nc1ccc(OCCN)cc1. The van der Waals surface area contributed by atoms with Gasteiger partial charge in [0.15, 0.2) is 0 Å². The van der Waals surface area contributed by atoms with Crippen molar-refractivity contribution in [1.82, 2.24) is 0 Å². The molecule has 1 amide bonds. The molecule has 0 aromatic heterocycles. The Morgan fingerprint density at radius 3 is 2.70 bits per heavy atom. The van der Waals surface area contributed by atoms with Crippen LogP contribution in [0.1, 0.15) is 13.3 Å². The lowest BCUT2D eigenvalue weighted by Gasteiger charge is -2.13. The zero-order valence-corrected chi connectivity index (χ0v) is 11.8. The van der Waals surface area contributed by atoms with Gasteiger partial charge in [-0.05, 0) is 37.6 Å². The summed E-state index contributed by atoms with van der Waals surface area (Å²) in [6.45, 7) is 6.75. The van der Waals surface area contributed by atoms with Crippen LogP contribution in [-0.2, 0) is 9.53 Å². The highest BCUT2D eigenvalue weighted by Gasteiger charge is 2.12. The minimum Gasteiger partial charge on any atom is -0.492 e. The maximum Gasteiger partial charge on any atom is 0.253 e. The Balaban J connectivity index is 2.42. The van der Waals surface area contributed by atoms with Gasteiger partial charge in [0, 0.05) is 12.2 Å². The van der Waals surface area contributed by atoms with E-state index >= 15 is 0 Å². The number of benzene rings is 1. The molecule has 0 spiro atoms. The summed E-state index contributed by atoms with van der Waals surface area (Å²) in [7, 11) is 0. The van der Waals surface area contributed by atoms with Crippen molar-refractivity contribution < 1.29 is 14.3 Å². The third-order valence-corrected chi connectivity index (χ3v) is 2.57. The molecule has 0 radical (unpaired) electrons. The molecule has 5 heteroatoms. The molecule has 0 aliphatic carbocycles. The molecule has 0 saturated carbocycles.